The molecule has 0 saturated carbocycles. The Morgan fingerprint density at radius 1 is 0.833 bits per heavy atom. The van der Waals surface area contributed by atoms with Crippen LogP contribution in [0.5, 0.6) is 0 Å². The summed E-state index contributed by atoms with van der Waals surface area (Å²) >= 11 is 0. The molecule has 4 aromatic rings. The van der Waals surface area contributed by atoms with Gasteiger partial charge >= 0.3 is 6.03 Å². The van der Waals surface area contributed by atoms with Crippen molar-refractivity contribution < 1.29 is 9.59 Å². The SMILES string of the molecule is O=C(CCNC(=O)Nc1ccccc1)Nc1ccc(-n2cnc3ccccc32)nc1. The Bertz CT molecular complexity index is 1160. The van der Waals surface area contributed by atoms with Crippen LogP contribution in [0.15, 0.2) is 79.3 Å². The normalized spacial score (nSPS) is 10.5. The third-order valence-electron chi connectivity index (χ3n) is 4.40. The molecule has 0 aliphatic rings. The Hall–Kier alpha value is -4.20. The van der Waals surface area contributed by atoms with Gasteiger partial charge in [-0.3, -0.25) is 9.36 Å². The Kier molecular flexibility index (Phi) is 5.66. The van der Waals surface area contributed by atoms with Crippen LogP contribution in [0, 0.1) is 0 Å². The van der Waals surface area contributed by atoms with Crippen molar-refractivity contribution in [3.63, 3.8) is 0 Å². The fourth-order valence-corrected chi connectivity index (χ4v) is 2.95. The van der Waals surface area contributed by atoms with Gasteiger partial charge in [-0.25, -0.2) is 14.8 Å². The second-order valence-electron chi connectivity index (χ2n) is 6.55. The van der Waals surface area contributed by atoms with E-state index in [-0.39, 0.29) is 24.9 Å². The number of hydrogen-bond acceptors (Lipinski definition) is 4. The van der Waals surface area contributed by atoms with Crippen LogP contribution in [0.2, 0.25) is 0 Å². The average Bonchev–Trinajstić information content (AvgIpc) is 3.19. The number of nitrogens with one attached hydrogen (secondary N) is 3. The molecule has 0 aliphatic heterocycles. The topological polar surface area (TPSA) is 101 Å². The van der Waals surface area contributed by atoms with Gasteiger partial charge in [-0.15, -0.1) is 0 Å². The number of anilines is 2. The number of imidazole rings is 1. The van der Waals surface area contributed by atoms with Gasteiger partial charge in [0.15, 0.2) is 0 Å². The highest BCUT2D eigenvalue weighted by atomic mass is 16.2. The standard InChI is InChI=1S/C22H20N6O2/c29-21(12-13-23-22(30)27-16-6-2-1-3-7-16)26-17-10-11-20(24-14-17)28-15-25-18-8-4-5-9-19(18)28/h1-11,14-15H,12-13H2,(H,26,29)(H2,23,27,30). The fourth-order valence-electron chi connectivity index (χ4n) is 2.95. The van der Waals surface area contributed by atoms with E-state index in [0.717, 1.165) is 11.0 Å². The number of para-hydroxylation sites is 3. The summed E-state index contributed by atoms with van der Waals surface area (Å²) in [6.07, 6.45) is 3.46. The summed E-state index contributed by atoms with van der Waals surface area (Å²) in [4.78, 5) is 32.7. The third kappa shape index (κ3) is 4.61. The van der Waals surface area contributed by atoms with E-state index in [1.807, 2.05) is 53.1 Å². The van der Waals surface area contributed by atoms with Gasteiger partial charge in [0.25, 0.3) is 0 Å². The van der Waals surface area contributed by atoms with Gasteiger partial charge in [0, 0.05) is 18.7 Å². The van der Waals surface area contributed by atoms with Crippen molar-refractivity contribution in [3.05, 3.63) is 79.3 Å². The van der Waals surface area contributed by atoms with Crippen LogP contribution in [-0.4, -0.2) is 33.0 Å². The Morgan fingerprint density at radius 2 is 1.63 bits per heavy atom. The highest BCUT2D eigenvalue weighted by Gasteiger charge is 2.07. The largest absolute Gasteiger partial charge is 0.337 e. The van der Waals surface area contributed by atoms with E-state index in [4.69, 9.17) is 0 Å². The van der Waals surface area contributed by atoms with Crippen LogP contribution in [0.3, 0.4) is 0 Å². The number of carbonyl (C=O) groups excluding carboxylic acids is 2. The van der Waals surface area contributed by atoms with Crippen molar-refractivity contribution in [2.75, 3.05) is 17.2 Å². The second-order valence-corrected chi connectivity index (χ2v) is 6.55. The van der Waals surface area contributed by atoms with Crippen molar-refractivity contribution >= 4 is 34.3 Å². The first kappa shape index (κ1) is 19.1. The number of pyridine rings is 1. The first-order valence-electron chi connectivity index (χ1n) is 9.47. The van der Waals surface area contributed by atoms with Crippen molar-refractivity contribution in [1.29, 1.82) is 0 Å². The van der Waals surface area contributed by atoms with Gasteiger partial charge in [0.05, 0.1) is 22.9 Å². The summed E-state index contributed by atoms with van der Waals surface area (Å²) in [5.74, 6) is 0.499. The number of fused-ring (bicyclic) bond motifs is 1. The molecule has 0 spiro atoms. The number of hydrogen-bond donors (Lipinski definition) is 3. The van der Waals surface area contributed by atoms with Gasteiger partial charge in [-0.2, -0.15) is 0 Å². The lowest BCUT2D eigenvalue weighted by molar-refractivity contribution is -0.116. The predicted octanol–water partition coefficient (Wildman–Crippen LogP) is 3.57. The van der Waals surface area contributed by atoms with Crippen LogP contribution in [0.4, 0.5) is 16.2 Å². The lowest BCUT2D eigenvalue weighted by Crippen LogP contribution is -2.31. The van der Waals surface area contributed by atoms with E-state index in [1.165, 1.54) is 0 Å². The highest BCUT2D eigenvalue weighted by Crippen LogP contribution is 2.17. The van der Waals surface area contributed by atoms with E-state index in [0.29, 0.717) is 17.2 Å². The molecular formula is C22H20N6O2. The van der Waals surface area contributed by atoms with Crippen molar-refractivity contribution in [2.45, 2.75) is 6.42 Å². The summed E-state index contributed by atoms with van der Waals surface area (Å²) in [7, 11) is 0. The van der Waals surface area contributed by atoms with Crippen molar-refractivity contribution in [3.8, 4) is 5.82 Å². The van der Waals surface area contributed by atoms with Crippen LogP contribution in [-0.2, 0) is 4.79 Å². The van der Waals surface area contributed by atoms with Gasteiger partial charge in [-0.05, 0) is 36.4 Å². The number of carbonyl (C=O) groups is 2. The first-order chi connectivity index (χ1) is 14.7. The van der Waals surface area contributed by atoms with E-state index >= 15 is 0 Å². The predicted molar refractivity (Wildman–Crippen MR) is 116 cm³/mol. The van der Waals surface area contributed by atoms with Gasteiger partial charge in [0.1, 0.15) is 12.1 Å². The van der Waals surface area contributed by atoms with Crippen LogP contribution in [0.1, 0.15) is 6.42 Å². The van der Waals surface area contributed by atoms with Crippen LogP contribution in [0.25, 0.3) is 16.9 Å². The fraction of sp³-hybridized carbons (Fsp3) is 0.0909. The molecule has 8 heteroatoms. The molecule has 8 nitrogen and oxygen atoms in total. The van der Waals surface area contributed by atoms with Crippen LogP contribution >= 0.6 is 0 Å². The molecule has 3 amide bonds. The minimum atomic E-state index is -0.354. The number of nitrogens with zero attached hydrogens (tertiary/aromatic N) is 3. The molecule has 0 fully saturated rings. The maximum absolute atomic E-state index is 12.1. The molecule has 2 heterocycles. The summed E-state index contributed by atoms with van der Waals surface area (Å²) in [5.41, 5.74) is 3.13. The zero-order valence-electron chi connectivity index (χ0n) is 16.1. The van der Waals surface area contributed by atoms with Crippen LogP contribution < -0.4 is 16.0 Å². The molecule has 3 N–H and O–H groups in total. The molecule has 0 radical (unpaired) electrons. The Balaban J connectivity index is 1.27. The number of benzene rings is 2. The number of aromatic nitrogens is 3. The highest BCUT2D eigenvalue weighted by molar-refractivity contribution is 5.92. The molecule has 30 heavy (non-hydrogen) atoms. The van der Waals surface area contributed by atoms with Gasteiger partial charge < -0.3 is 16.0 Å². The van der Waals surface area contributed by atoms with E-state index < -0.39 is 0 Å². The number of amides is 3. The molecular weight excluding hydrogens is 380 g/mol. The molecule has 0 bridgehead atoms. The lowest BCUT2D eigenvalue weighted by Gasteiger charge is -2.09. The maximum Gasteiger partial charge on any atom is 0.319 e. The molecule has 0 atom stereocenters. The average molecular weight is 400 g/mol. The molecule has 150 valence electrons. The Morgan fingerprint density at radius 3 is 2.43 bits per heavy atom. The molecule has 0 aliphatic carbocycles. The molecule has 4 rings (SSSR count). The summed E-state index contributed by atoms with van der Waals surface area (Å²) in [6, 6.07) is 20.1. The van der Waals surface area contributed by atoms with Gasteiger partial charge in [0.2, 0.25) is 5.91 Å². The van der Waals surface area contributed by atoms with Crippen molar-refractivity contribution in [1.82, 2.24) is 19.9 Å². The quantitative estimate of drug-likeness (QED) is 0.461. The zero-order chi connectivity index (χ0) is 20.8. The lowest BCUT2D eigenvalue weighted by atomic mass is 10.3. The summed E-state index contributed by atoms with van der Waals surface area (Å²) < 4.78 is 1.89. The molecule has 0 unspecified atom stereocenters. The first-order valence-corrected chi connectivity index (χ1v) is 9.47. The third-order valence-corrected chi connectivity index (χ3v) is 4.40. The molecule has 2 aromatic heterocycles. The zero-order valence-corrected chi connectivity index (χ0v) is 16.1. The number of urea groups is 1. The van der Waals surface area contributed by atoms with Crippen molar-refractivity contribution in [2.24, 2.45) is 0 Å². The minimum Gasteiger partial charge on any atom is -0.337 e. The molecule has 0 saturated heterocycles. The number of rotatable bonds is 6. The minimum absolute atomic E-state index is 0.149. The van der Waals surface area contributed by atoms with E-state index in [1.54, 1.807) is 30.7 Å². The summed E-state index contributed by atoms with van der Waals surface area (Å²) in [6.45, 7) is 0.219. The molecule has 2 aromatic carbocycles. The van der Waals surface area contributed by atoms with Gasteiger partial charge in [-0.1, -0.05) is 30.3 Å². The summed E-state index contributed by atoms with van der Waals surface area (Å²) in [5, 5.41) is 8.13. The maximum atomic E-state index is 12.1. The van der Waals surface area contributed by atoms with E-state index in [9.17, 15) is 9.59 Å². The smallest absolute Gasteiger partial charge is 0.319 e. The second kappa shape index (κ2) is 8.87. The Labute approximate surface area is 173 Å². The monoisotopic (exact) mass is 400 g/mol. The van der Waals surface area contributed by atoms with E-state index in [2.05, 4.69) is 25.9 Å².